The first kappa shape index (κ1) is 10.5. The number of hydrogen-bond acceptors (Lipinski definition) is 2. The molecule has 0 aliphatic carbocycles. The third-order valence-corrected chi connectivity index (χ3v) is 3.01. The van der Waals surface area contributed by atoms with Crippen LogP contribution in [0.2, 0.25) is 0 Å². The third-order valence-electron chi connectivity index (χ3n) is 3.01. The van der Waals surface area contributed by atoms with Crippen molar-refractivity contribution in [1.29, 1.82) is 0 Å². The second kappa shape index (κ2) is 4.09. The summed E-state index contributed by atoms with van der Waals surface area (Å²) in [4.78, 5) is 13.3. The minimum atomic E-state index is -0.431. The number of hydrogen-bond donors (Lipinski definition) is 1. The molecule has 13 heavy (non-hydrogen) atoms. The Kier molecular flexibility index (Phi) is 3.31. The average molecular weight is 185 g/mol. The Morgan fingerprint density at radius 2 is 2.23 bits per heavy atom. The molecule has 0 aromatic heterocycles. The average Bonchev–Trinajstić information content (AvgIpc) is 2.45. The molecule has 3 atom stereocenters. The number of nitrogens with zero attached hydrogens (tertiary/aromatic N) is 1. The number of carbonyl (C=O) groups is 1. The molecule has 0 spiro atoms. The Morgan fingerprint density at radius 3 is 2.62 bits per heavy atom. The number of likely N-dealkylation sites (tertiary alicyclic amines) is 1. The topological polar surface area (TPSA) is 40.5 Å². The van der Waals surface area contributed by atoms with Gasteiger partial charge < -0.3 is 10.0 Å². The molecule has 1 saturated heterocycles. The van der Waals surface area contributed by atoms with Crippen molar-refractivity contribution in [2.24, 2.45) is 5.92 Å². The van der Waals surface area contributed by atoms with E-state index in [0.717, 1.165) is 13.0 Å². The minimum absolute atomic E-state index is 0.0379. The fourth-order valence-electron chi connectivity index (χ4n) is 1.74. The Morgan fingerprint density at radius 1 is 1.62 bits per heavy atom. The second-order valence-corrected chi connectivity index (χ2v) is 4.01. The number of amides is 1. The first-order valence-electron chi connectivity index (χ1n) is 5.03. The van der Waals surface area contributed by atoms with Crippen molar-refractivity contribution < 1.29 is 9.90 Å². The van der Waals surface area contributed by atoms with Gasteiger partial charge in [-0.3, -0.25) is 4.79 Å². The maximum atomic E-state index is 11.5. The Hall–Kier alpha value is -0.570. The lowest BCUT2D eigenvalue weighted by Gasteiger charge is -2.26. The van der Waals surface area contributed by atoms with Crippen LogP contribution >= 0.6 is 0 Å². The summed E-state index contributed by atoms with van der Waals surface area (Å²) in [5.74, 6) is 0.689. The van der Waals surface area contributed by atoms with E-state index in [4.69, 9.17) is 0 Å². The highest BCUT2D eigenvalue weighted by Crippen LogP contribution is 2.23. The number of aliphatic hydroxyl groups excluding tert-OH is 1. The van der Waals surface area contributed by atoms with Crippen molar-refractivity contribution in [3.8, 4) is 0 Å². The van der Waals surface area contributed by atoms with Crippen LogP contribution in [0.1, 0.15) is 33.6 Å². The molecule has 1 amide bonds. The lowest BCUT2D eigenvalue weighted by atomic mass is 10.1. The zero-order valence-corrected chi connectivity index (χ0v) is 8.66. The van der Waals surface area contributed by atoms with E-state index in [1.807, 2.05) is 6.92 Å². The molecular formula is C10H19NO2. The van der Waals surface area contributed by atoms with E-state index < -0.39 is 6.10 Å². The highest BCUT2D eigenvalue weighted by atomic mass is 16.3. The van der Waals surface area contributed by atoms with Crippen LogP contribution in [0.5, 0.6) is 0 Å². The molecule has 0 bridgehead atoms. The molecule has 1 heterocycles. The van der Waals surface area contributed by atoms with E-state index >= 15 is 0 Å². The minimum Gasteiger partial charge on any atom is -0.391 e. The van der Waals surface area contributed by atoms with Crippen molar-refractivity contribution in [2.75, 3.05) is 6.54 Å². The maximum Gasteiger partial charge on any atom is 0.223 e. The normalized spacial score (nSPS) is 27.8. The molecule has 0 aromatic carbocycles. The third kappa shape index (κ3) is 2.21. The van der Waals surface area contributed by atoms with Crippen molar-refractivity contribution in [3.05, 3.63) is 0 Å². The molecule has 1 aliphatic heterocycles. The second-order valence-electron chi connectivity index (χ2n) is 4.01. The summed E-state index contributed by atoms with van der Waals surface area (Å²) in [6.07, 6.45) is 1.28. The summed E-state index contributed by atoms with van der Waals surface area (Å²) >= 11 is 0. The predicted molar refractivity (Wildman–Crippen MR) is 51.3 cm³/mol. The van der Waals surface area contributed by atoms with Crippen LogP contribution in [0.3, 0.4) is 0 Å². The van der Waals surface area contributed by atoms with Crippen LogP contribution in [-0.4, -0.2) is 34.6 Å². The smallest absolute Gasteiger partial charge is 0.223 e. The van der Waals surface area contributed by atoms with Crippen LogP contribution < -0.4 is 0 Å². The van der Waals surface area contributed by atoms with Gasteiger partial charge in [-0.1, -0.05) is 13.3 Å². The molecular weight excluding hydrogens is 166 g/mol. The van der Waals surface area contributed by atoms with Gasteiger partial charge in [0.05, 0.1) is 12.1 Å². The zero-order chi connectivity index (χ0) is 10.0. The number of carbonyl (C=O) groups excluding carboxylic acids is 1. The largest absolute Gasteiger partial charge is 0.391 e. The van der Waals surface area contributed by atoms with Crippen molar-refractivity contribution in [2.45, 2.75) is 45.8 Å². The van der Waals surface area contributed by atoms with E-state index in [1.54, 1.807) is 11.8 Å². The van der Waals surface area contributed by atoms with Crippen LogP contribution in [0.4, 0.5) is 0 Å². The van der Waals surface area contributed by atoms with Crippen molar-refractivity contribution in [1.82, 2.24) is 4.90 Å². The Labute approximate surface area is 79.7 Å². The quantitative estimate of drug-likeness (QED) is 0.713. The number of rotatable bonds is 3. The van der Waals surface area contributed by atoms with Gasteiger partial charge in [0.15, 0.2) is 0 Å². The molecule has 1 N–H and O–H groups in total. The molecule has 0 aromatic rings. The van der Waals surface area contributed by atoms with Crippen LogP contribution in [0.15, 0.2) is 0 Å². The summed E-state index contributed by atoms with van der Waals surface area (Å²) in [5, 5.41) is 9.36. The molecule has 1 fully saturated rings. The lowest BCUT2D eigenvalue weighted by molar-refractivity contribution is -0.131. The van der Waals surface area contributed by atoms with Crippen molar-refractivity contribution >= 4 is 5.91 Å². The summed E-state index contributed by atoms with van der Waals surface area (Å²) in [7, 11) is 0. The van der Waals surface area contributed by atoms with Crippen LogP contribution in [-0.2, 0) is 4.79 Å². The standard InChI is InChI=1S/C10H19NO2/c1-4-9-5-10(13)11(6-9)7(2)8(3)12/h7-9,12H,4-6H2,1-3H3. The molecule has 76 valence electrons. The summed E-state index contributed by atoms with van der Waals surface area (Å²) in [5.41, 5.74) is 0. The highest BCUT2D eigenvalue weighted by molar-refractivity contribution is 5.79. The zero-order valence-electron chi connectivity index (χ0n) is 8.66. The molecule has 3 nitrogen and oxygen atoms in total. The summed E-state index contributed by atoms with van der Waals surface area (Å²) in [6.45, 7) is 6.56. The van der Waals surface area contributed by atoms with Crippen LogP contribution in [0.25, 0.3) is 0 Å². The van der Waals surface area contributed by atoms with Gasteiger partial charge in [-0.05, 0) is 19.8 Å². The van der Waals surface area contributed by atoms with E-state index in [2.05, 4.69) is 6.92 Å². The van der Waals surface area contributed by atoms with E-state index in [0.29, 0.717) is 12.3 Å². The van der Waals surface area contributed by atoms with E-state index in [1.165, 1.54) is 0 Å². The fourth-order valence-corrected chi connectivity index (χ4v) is 1.74. The van der Waals surface area contributed by atoms with E-state index in [-0.39, 0.29) is 11.9 Å². The van der Waals surface area contributed by atoms with Gasteiger partial charge in [0.25, 0.3) is 0 Å². The van der Waals surface area contributed by atoms with Crippen molar-refractivity contribution in [3.63, 3.8) is 0 Å². The maximum absolute atomic E-state index is 11.5. The predicted octanol–water partition coefficient (Wildman–Crippen LogP) is 1.01. The molecule has 1 rings (SSSR count). The number of aliphatic hydroxyl groups is 1. The van der Waals surface area contributed by atoms with Gasteiger partial charge in [0.1, 0.15) is 0 Å². The molecule has 0 radical (unpaired) electrons. The Balaban J connectivity index is 2.57. The molecule has 1 aliphatic rings. The van der Waals surface area contributed by atoms with Gasteiger partial charge in [0, 0.05) is 13.0 Å². The van der Waals surface area contributed by atoms with Crippen LogP contribution in [0, 0.1) is 5.92 Å². The molecule has 3 unspecified atom stereocenters. The lowest BCUT2D eigenvalue weighted by Crippen LogP contribution is -2.41. The summed E-state index contributed by atoms with van der Waals surface area (Å²) in [6, 6.07) is -0.0379. The van der Waals surface area contributed by atoms with Gasteiger partial charge in [0.2, 0.25) is 5.91 Å². The first-order chi connectivity index (χ1) is 6.06. The molecule has 0 saturated carbocycles. The monoisotopic (exact) mass is 185 g/mol. The fraction of sp³-hybridized carbons (Fsp3) is 0.900. The van der Waals surface area contributed by atoms with Gasteiger partial charge >= 0.3 is 0 Å². The van der Waals surface area contributed by atoms with E-state index in [9.17, 15) is 9.90 Å². The van der Waals surface area contributed by atoms with Gasteiger partial charge in [-0.2, -0.15) is 0 Å². The van der Waals surface area contributed by atoms with Gasteiger partial charge in [-0.25, -0.2) is 0 Å². The first-order valence-corrected chi connectivity index (χ1v) is 5.03. The molecule has 3 heteroatoms. The SMILES string of the molecule is CCC1CC(=O)N(C(C)C(C)O)C1. The summed E-state index contributed by atoms with van der Waals surface area (Å²) < 4.78 is 0. The highest BCUT2D eigenvalue weighted by Gasteiger charge is 2.32. The Bertz CT molecular complexity index is 191. The van der Waals surface area contributed by atoms with Gasteiger partial charge in [-0.15, -0.1) is 0 Å².